The standard InChI is InChI=1S/C37H37N3O5S/c1-2-12-28-19-20-30-33(32(28)29-17-10-5-11-18-29)39-36(46(38,43)44)40(30)34-31(41)25-37(45-35(34)42,23-21-26-13-6-3-7-14-26)24-22-27-15-8-4-9-16-27/h3-11,13-20,41H,2,12,21-25H2,1H3,(H2,38,43,44). The molecule has 0 unspecified atom stereocenters. The van der Waals surface area contributed by atoms with Gasteiger partial charge in [-0.25, -0.2) is 23.3 Å². The van der Waals surface area contributed by atoms with Gasteiger partial charge in [0, 0.05) is 12.0 Å². The van der Waals surface area contributed by atoms with Crippen LogP contribution >= 0.6 is 0 Å². The number of sulfonamides is 1. The summed E-state index contributed by atoms with van der Waals surface area (Å²) in [7, 11) is -4.44. The molecule has 8 nitrogen and oxygen atoms in total. The third-order valence-electron chi connectivity index (χ3n) is 8.63. The van der Waals surface area contributed by atoms with Crippen molar-refractivity contribution >= 4 is 32.7 Å². The monoisotopic (exact) mass is 635 g/mol. The molecule has 0 amide bonds. The predicted molar refractivity (Wildman–Crippen MR) is 179 cm³/mol. The molecule has 46 heavy (non-hydrogen) atoms. The summed E-state index contributed by atoms with van der Waals surface area (Å²) in [6.45, 7) is 2.07. The number of ether oxygens (including phenoxy) is 1. The van der Waals surface area contributed by atoms with Crippen LogP contribution in [0.1, 0.15) is 49.3 Å². The van der Waals surface area contributed by atoms with Crippen LogP contribution < -0.4 is 5.14 Å². The molecule has 0 saturated carbocycles. The number of aliphatic hydroxyl groups excluding tert-OH is 1. The highest BCUT2D eigenvalue weighted by molar-refractivity contribution is 7.89. The van der Waals surface area contributed by atoms with Crippen LogP contribution in [0.15, 0.2) is 114 Å². The summed E-state index contributed by atoms with van der Waals surface area (Å²) in [4.78, 5) is 18.6. The Morgan fingerprint density at radius 3 is 1.93 bits per heavy atom. The van der Waals surface area contributed by atoms with Gasteiger partial charge in [0.1, 0.15) is 11.4 Å². The summed E-state index contributed by atoms with van der Waals surface area (Å²) in [5, 5.41) is 16.9. The fraction of sp³-hybridized carbons (Fsp3) is 0.243. The number of aliphatic hydroxyl groups is 1. The lowest BCUT2D eigenvalue weighted by Crippen LogP contribution is -2.42. The number of imidazole rings is 1. The van der Waals surface area contributed by atoms with E-state index in [1.807, 2.05) is 97.1 Å². The Balaban J connectivity index is 1.48. The number of esters is 1. The van der Waals surface area contributed by atoms with Gasteiger partial charge in [0.25, 0.3) is 10.0 Å². The molecule has 0 radical (unpaired) electrons. The first kappa shape index (κ1) is 31.3. The maximum absolute atomic E-state index is 14.1. The smallest absolute Gasteiger partial charge is 0.359 e. The van der Waals surface area contributed by atoms with Crippen LogP contribution in [0.3, 0.4) is 0 Å². The van der Waals surface area contributed by atoms with E-state index in [1.165, 1.54) is 0 Å². The van der Waals surface area contributed by atoms with Gasteiger partial charge in [-0.15, -0.1) is 0 Å². The van der Waals surface area contributed by atoms with Gasteiger partial charge < -0.3 is 9.84 Å². The molecule has 3 N–H and O–H groups in total. The molecule has 0 fully saturated rings. The number of fused-ring (bicyclic) bond motifs is 1. The first-order chi connectivity index (χ1) is 22.2. The van der Waals surface area contributed by atoms with Crippen LogP contribution in [-0.4, -0.2) is 34.6 Å². The average Bonchev–Trinajstić information content (AvgIpc) is 3.44. The molecule has 236 valence electrons. The van der Waals surface area contributed by atoms with Gasteiger partial charge in [0.15, 0.2) is 5.70 Å². The van der Waals surface area contributed by atoms with Crippen LogP contribution in [0, 0.1) is 0 Å². The second-order valence-corrected chi connectivity index (χ2v) is 13.3. The third-order valence-corrected chi connectivity index (χ3v) is 9.42. The molecule has 1 aliphatic heterocycles. The Labute approximate surface area is 269 Å². The fourth-order valence-electron chi connectivity index (χ4n) is 6.42. The SMILES string of the molecule is CCCc1ccc2c(nc(S(N)(=O)=O)n2C2=C(O)CC(CCc3ccccc3)(CCc3ccccc3)OC2=O)c1-c1ccccc1. The average molecular weight is 636 g/mol. The number of hydrogen-bond donors (Lipinski definition) is 2. The lowest BCUT2D eigenvalue weighted by molar-refractivity contribution is -0.157. The van der Waals surface area contributed by atoms with E-state index in [0.717, 1.165) is 45.2 Å². The molecule has 0 saturated heterocycles. The van der Waals surface area contributed by atoms with Crippen molar-refractivity contribution < 1.29 is 23.1 Å². The second-order valence-electron chi connectivity index (χ2n) is 11.9. The minimum Gasteiger partial charge on any atom is -0.510 e. The Kier molecular flexibility index (Phi) is 8.80. The number of primary sulfonamides is 1. The molecule has 9 heteroatoms. The van der Waals surface area contributed by atoms with Gasteiger partial charge in [0.2, 0.25) is 5.16 Å². The number of hydrogen-bond acceptors (Lipinski definition) is 6. The summed E-state index contributed by atoms with van der Waals surface area (Å²) in [6.07, 6.45) is 3.80. The molecule has 0 aliphatic carbocycles. The number of rotatable bonds is 11. The summed E-state index contributed by atoms with van der Waals surface area (Å²) in [5.74, 6) is -1.09. The largest absolute Gasteiger partial charge is 0.510 e. The molecule has 4 aromatic carbocycles. The number of aromatic nitrogens is 2. The van der Waals surface area contributed by atoms with Crippen molar-refractivity contribution in [3.05, 3.63) is 126 Å². The molecule has 1 aromatic heterocycles. The van der Waals surface area contributed by atoms with Crippen molar-refractivity contribution in [1.82, 2.24) is 9.55 Å². The zero-order chi connectivity index (χ0) is 32.3. The van der Waals surface area contributed by atoms with Crippen LogP contribution in [0.4, 0.5) is 0 Å². The number of carbonyl (C=O) groups is 1. The van der Waals surface area contributed by atoms with Gasteiger partial charge in [-0.2, -0.15) is 0 Å². The van der Waals surface area contributed by atoms with Gasteiger partial charge in [-0.3, -0.25) is 4.57 Å². The van der Waals surface area contributed by atoms with Crippen molar-refractivity contribution in [1.29, 1.82) is 0 Å². The highest BCUT2D eigenvalue weighted by atomic mass is 32.2. The molecule has 0 bridgehead atoms. The second kappa shape index (κ2) is 12.9. The Morgan fingerprint density at radius 1 is 0.848 bits per heavy atom. The molecule has 1 aliphatic rings. The Morgan fingerprint density at radius 2 is 1.41 bits per heavy atom. The number of carbonyl (C=O) groups excluding carboxylic acids is 1. The lowest BCUT2D eigenvalue weighted by Gasteiger charge is -2.37. The van der Waals surface area contributed by atoms with Crippen molar-refractivity contribution in [2.75, 3.05) is 0 Å². The van der Waals surface area contributed by atoms with Gasteiger partial charge in [-0.05, 0) is 60.4 Å². The van der Waals surface area contributed by atoms with Gasteiger partial charge in [0.05, 0.1) is 11.0 Å². The van der Waals surface area contributed by atoms with E-state index in [4.69, 9.17) is 9.88 Å². The highest BCUT2D eigenvalue weighted by Crippen LogP contribution is 2.41. The molecule has 0 spiro atoms. The van der Waals surface area contributed by atoms with Gasteiger partial charge >= 0.3 is 5.97 Å². The Bertz CT molecular complexity index is 1960. The minimum atomic E-state index is -4.44. The maximum atomic E-state index is 14.1. The van der Waals surface area contributed by atoms with Crippen LogP contribution in [0.25, 0.3) is 27.9 Å². The molecular formula is C37H37N3O5S. The third kappa shape index (κ3) is 6.34. The zero-order valence-electron chi connectivity index (χ0n) is 25.7. The van der Waals surface area contributed by atoms with E-state index >= 15 is 0 Å². The number of cyclic esters (lactones) is 1. The molecule has 2 heterocycles. The van der Waals surface area contributed by atoms with E-state index in [2.05, 4.69) is 11.9 Å². The predicted octanol–water partition coefficient (Wildman–Crippen LogP) is 6.98. The fourth-order valence-corrected chi connectivity index (χ4v) is 7.08. The molecule has 0 atom stereocenters. The summed E-state index contributed by atoms with van der Waals surface area (Å²) in [6, 6.07) is 33.0. The maximum Gasteiger partial charge on any atom is 0.359 e. The summed E-state index contributed by atoms with van der Waals surface area (Å²) >= 11 is 0. The van der Waals surface area contributed by atoms with Crippen molar-refractivity contribution in [3.63, 3.8) is 0 Å². The van der Waals surface area contributed by atoms with Crippen LogP contribution in [0.2, 0.25) is 0 Å². The summed E-state index contributed by atoms with van der Waals surface area (Å²) in [5.41, 5.74) is 4.17. The first-order valence-corrected chi connectivity index (χ1v) is 17.1. The van der Waals surface area contributed by atoms with E-state index in [-0.39, 0.29) is 17.9 Å². The van der Waals surface area contributed by atoms with E-state index in [9.17, 15) is 18.3 Å². The van der Waals surface area contributed by atoms with Crippen molar-refractivity contribution in [2.24, 2.45) is 5.14 Å². The Hall–Kier alpha value is -4.73. The van der Waals surface area contributed by atoms with E-state index in [1.54, 1.807) is 6.07 Å². The van der Waals surface area contributed by atoms with Crippen molar-refractivity contribution in [2.45, 2.75) is 62.6 Å². The first-order valence-electron chi connectivity index (χ1n) is 15.6. The lowest BCUT2D eigenvalue weighted by atomic mass is 9.83. The number of nitrogens with two attached hydrogens (primary N) is 1. The molecule has 6 rings (SSSR count). The minimum absolute atomic E-state index is 0.0108. The van der Waals surface area contributed by atoms with Gasteiger partial charge in [-0.1, -0.05) is 110 Å². The normalized spacial score (nSPS) is 14.9. The number of nitrogens with zero attached hydrogens (tertiary/aromatic N) is 2. The number of aryl methyl sites for hydroxylation is 3. The molecule has 5 aromatic rings. The topological polar surface area (TPSA) is 125 Å². The summed E-state index contributed by atoms with van der Waals surface area (Å²) < 4.78 is 33.5. The molecular weight excluding hydrogens is 598 g/mol. The van der Waals surface area contributed by atoms with Crippen LogP contribution in [0.5, 0.6) is 0 Å². The highest BCUT2D eigenvalue weighted by Gasteiger charge is 2.44. The zero-order valence-corrected chi connectivity index (χ0v) is 26.5. The number of benzene rings is 4. The van der Waals surface area contributed by atoms with Crippen LogP contribution in [-0.2, 0) is 38.8 Å². The van der Waals surface area contributed by atoms with E-state index < -0.39 is 26.8 Å². The quantitative estimate of drug-likeness (QED) is 0.151. The van der Waals surface area contributed by atoms with Crippen molar-refractivity contribution in [3.8, 4) is 11.1 Å². The van der Waals surface area contributed by atoms with E-state index in [0.29, 0.717) is 36.7 Å².